The number of nitrogens with one attached hydrogen (secondary N) is 2. The topological polar surface area (TPSA) is 42.9 Å². The van der Waals surface area contributed by atoms with Gasteiger partial charge in [-0.15, -0.1) is 35.3 Å². The van der Waals surface area contributed by atoms with E-state index in [-0.39, 0.29) is 29.5 Å². The van der Waals surface area contributed by atoms with E-state index in [9.17, 15) is 0 Å². The molecule has 26 heavy (non-hydrogen) atoms. The van der Waals surface area contributed by atoms with E-state index in [0.717, 1.165) is 19.0 Å². The first-order valence-corrected chi connectivity index (χ1v) is 10.2. The van der Waals surface area contributed by atoms with Crippen LogP contribution in [0.2, 0.25) is 0 Å². The summed E-state index contributed by atoms with van der Waals surface area (Å²) < 4.78 is 0. The van der Waals surface area contributed by atoms with E-state index in [0.29, 0.717) is 6.04 Å². The lowest BCUT2D eigenvalue weighted by atomic mass is 9.98. The summed E-state index contributed by atoms with van der Waals surface area (Å²) in [5.41, 5.74) is 0.146. The number of hydrogen-bond acceptors (Lipinski definition) is 4. The zero-order chi connectivity index (χ0) is 18.3. The standard InChI is InChI=1S/C19H35N5S.HI/c1-19(2,24-11-7-6-8-12-24)15-22-18(20-3)21-14-16(23(4)5)17-10-9-13-25-17;/h9-10,13,16H,6-8,11-12,14-15H2,1-5H3,(H2,20,21,22);1H. The maximum atomic E-state index is 4.41. The second-order valence-electron chi connectivity index (χ2n) is 7.66. The number of guanidine groups is 1. The lowest BCUT2D eigenvalue weighted by molar-refractivity contribution is 0.0982. The summed E-state index contributed by atoms with van der Waals surface area (Å²) in [7, 11) is 6.10. The van der Waals surface area contributed by atoms with Crippen molar-refractivity contribution in [2.24, 2.45) is 4.99 Å². The van der Waals surface area contributed by atoms with Crippen molar-refractivity contribution >= 4 is 41.3 Å². The van der Waals surface area contributed by atoms with Crippen LogP contribution >= 0.6 is 35.3 Å². The third kappa shape index (κ3) is 6.98. The maximum Gasteiger partial charge on any atom is 0.191 e. The first-order chi connectivity index (χ1) is 11.9. The Hall–Kier alpha value is -0.380. The molecule has 1 aliphatic heterocycles. The van der Waals surface area contributed by atoms with Crippen molar-refractivity contribution in [3.8, 4) is 0 Å². The van der Waals surface area contributed by atoms with Gasteiger partial charge in [-0.1, -0.05) is 12.5 Å². The lowest BCUT2D eigenvalue weighted by Crippen LogP contribution is -2.55. The average Bonchev–Trinajstić information content (AvgIpc) is 3.12. The Labute approximate surface area is 180 Å². The number of likely N-dealkylation sites (tertiary alicyclic amines) is 1. The fourth-order valence-corrected chi connectivity index (χ4v) is 4.27. The quantitative estimate of drug-likeness (QED) is 0.347. The third-order valence-corrected chi connectivity index (χ3v) is 6.06. The van der Waals surface area contributed by atoms with Crippen molar-refractivity contribution in [3.63, 3.8) is 0 Å². The summed E-state index contributed by atoms with van der Waals surface area (Å²) in [6.45, 7) is 8.82. The van der Waals surface area contributed by atoms with Crippen LogP contribution in [0.1, 0.15) is 44.0 Å². The zero-order valence-corrected chi connectivity index (χ0v) is 20.1. The minimum absolute atomic E-state index is 0. The molecule has 1 aliphatic rings. The minimum atomic E-state index is 0. The van der Waals surface area contributed by atoms with Crippen LogP contribution in [0, 0.1) is 0 Å². The van der Waals surface area contributed by atoms with Gasteiger partial charge in [0.15, 0.2) is 5.96 Å². The predicted octanol–water partition coefficient (Wildman–Crippen LogP) is 3.40. The number of piperidine rings is 1. The smallest absolute Gasteiger partial charge is 0.191 e. The molecule has 0 bridgehead atoms. The molecule has 1 unspecified atom stereocenters. The zero-order valence-electron chi connectivity index (χ0n) is 16.9. The van der Waals surface area contributed by atoms with Crippen LogP contribution in [0.3, 0.4) is 0 Å². The molecule has 0 amide bonds. The molecule has 0 aliphatic carbocycles. The number of nitrogens with zero attached hydrogens (tertiary/aromatic N) is 3. The van der Waals surface area contributed by atoms with Gasteiger partial charge in [-0.2, -0.15) is 0 Å². The largest absolute Gasteiger partial charge is 0.355 e. The van der Waals surface area contributed by atoms with Crippen LogP contribution < -0.4 is 10.6 Å². The molecule has 7 heteroatoms. The number of hydrogen-bond donors (Lipinski definition) is 2. The van der Waals surface area contributed by atoms with E-state index in [1.807, 2.05) is 7.05 Å². The van der Waals surface area contributed by atoms with Crippen LogP contribution in [-0.4, -0.2) is 68.6 Å². The van der Waals surface area contributed by atoms with E-state index in [2.05, 4.69) is 70.9 Å². The Bertz CT molecular complexity index is 524. The molecule has 0 spiro atoms. The molecule has 1 fully saturated rings. The summed E-state index contributed by atoms with van der Waals surface area (Å²) in [6, 6.07) is 4.67. The minimum Gasteiger partial charge on any atom is -0.355 e. The van der Waals surface area contributed by atoms with E-state index < -0.39 is 0 Å². The monoisotopic (exact) mass is 493 g/mol. The van der Waals surface area contributed by atoms with Gasteiger partial charge >= 0.3 is 0 Å². The normalized spacial score (nSPS) is 17.7. The van der Waals surface area contributed by atoms with Crippen LogP contribution in [-0.2, 0) is 0 Å². The van der Waals surface area contributed by atoms with Crippen molar-refractivity contribution in [2.75, 3.05) is 47.3 Å². The molecule has 1 aromatic rings. The molecule has 2 N–H and O–H groups in total. The number of halogens is 1. The van der Waals surface area contributed by atoms with Gasteiger partial charge in [0, 0.05) is 30.6 Å². The number of likely N-dealkylation sites (N-methyl/N-ethyl adjacent to an activating group) is 1. The Morgan fingerprint density at radius 1 is 1.27 bits per heavy atom. The Balaban J connectivity index is 0.00000338. The molecular formula is C19H36IN5S. The lowest BCUT2D eigenvalue weighted by Gasteiger charge is -2.41. The molecule has 2 rings (SSSR count). The van der Waals surface area contributed by atoms with Crippen molar-refractivity contribution in [1.29, 1.82) is 0 Å². The molecule has 5 nitrogen and oxygen atoms in total. The molecule has 1 atom stereocenters. The number of aliphatic imine (C=N–C) groups is 1. The molecule has 0 aromatic carbocycles. The van der Waals surface area contributed by atoms with E-state index in [1.54, 1.807) is 11.3 Å². The highest BCUT2D eigenvalue weighted by Gasteiger charge is 2.28. The highest BCUT2D eigenvalue weighted by molar-refractivity contribution is 14.0. The molecule has 0 saturated carbocycles. The van der Waals surface area contributed by atoms with Crippen molar-refractivity contribution in [3.05, 3.63) is 22.4 Å². The highest BCUT2D eigenvalue weighted by atomic mass is 127. The van der Waals surface area contributed by atoms with Crippen molar-refractivity contribution in [1.82, 2.24) is 20.4 Å². The average molecular weight is 494 g/mol. The van der Waals surface area contributed by atoms with Gasteiger partial charge in [-0.25, -0.2) is 0 Å². The molecule has 1 aromatic heterocycles. The van der Waals surface area contributed by atoms with E-state index in [1.165, 1.54) is 37.2 Å². The molecule has 150 valence electrons. The van der Waals surface area contributed by atoms with E-state index >= 15 is 0 Å². The second-order valence-corrected chi connectivity index (χ2v) is 8.64. The van der Waals surface area contributed by atoms with Crippen LogP contribution in [0.15, 0.2) is 22.5 Å². The maximum absolute atomic E-state index is 4.41. The van der Waals surface area contributed by atoms with Gasteiger partial charge in [0.1, 0.15) is 0 Å². The summed E-state index contributed by atoms with van der Waals surface area (Å²) in [5.74, 6) is 0.883. The summed E-state index contributed by atoms with van der Waals surface area (Å²) in [4.78, 5) is 10.6. The third-order valence-electron chi connectivity index (χ3n) is 5.08. The number of thiophene rings is 1. The molecule has 2 heterocycles. The van der Waals surface area contributed by atoms with Crippen LogP contribution in [0.25, 0.3) is 0 Å². The SMILES string of the molecule is CN=C(NCC(c1cccs1)N(C)C)NCC(C)(C)N1CCCCC1.I. The highest BCUT2D eigenvalue weighted by Crippen LogP contribution is 2.22. The Kier molecular flexibility index (Phi) is 10.4. The first-order valence-electron chi connectivity index (χ1n) is 9.33. The summed E-state index contributed by atoms with van der Waals surface area (Å²) in [5, 5.41) is 9.17. The second kappa shape index (κ2) is 11.5. The molecule has 1 saturated heterocycles. The van der Waals surface area contributed by atoms with Crippen LogP contribution in [0.4, 0.5) is 0 Å². The van der Waals surface area contributed by atoms with Crippen molar-refractivity contribution < 1.29 is 0 Å². The predicted molar refractivity (Wildman–Crippen MR) is 125 cm³/mol. The molecular weight excluding hydrogens is 457 g/mol. The Morgan fingerprint density at radius 3 is 2.50 bits per heavy atom. The fraction of sp³-hybridized carbons (Fsp3) is 0.737. The molecule has 0 radical (unpaired) electrons. The Morgan fingerprint density at radius 2 is 1.96 bits per heavy atom. The van der Waals surface area contributed by atoms with Gasteiger partial charge in [0.25, 0.3) is 0 Å². The van der Waals surface area contributed by atoms with Gasteiger partial charge in [0.2, 0.25) is 0 Å². The first kappa shape index (κ1) is 23.7. The summed E-state index contributed by atoms with van der Waals surface area (Å²) in [6.07, 6.45) is 4.02. The summed E-state index contributed by atoms with van der Waals surface area (Å²) >= 11 is 1.81. The van der Waals surface area contributed by atoms with Crippen LogP contribution in [0.5, 0.6) is 0 Å². The fourth-order valence-electron chi connectivity index (χ4n) is 3.34. The van der Waals surface area contributed by atoms with Gasteiger partial charge in [-0.05, 0) is 65.3 Å². The van der Waals surface area contributed by atoms with Gasteiger partial charge in [-0.3, -0.25) is 9.89 Å². The van der Waals surface area contributed by atoms with Crippen molar-refractivity contribution in [2.45, 2.75) is 44.7 Å². The number of rotatable bonds is 7. The van der Waals surface area contributed by atoms with E-state index in [4.69, 9.17) is 0 Å². The van der Waals surface area contributed by atoms with Gasteiger partial charge in [0.05, 0.1) is 6.04 Å². The van der Waals surface area contributed by atoms with Gasteiger partial charge < -0.3 is 15.5 Å².